The number of pyridine rings is 1. The number of rotatable bonds is 4. The lowest BCUT2D eigenvalue weighted by molar-refractivity contribution is 0.245. The van der Waals surface area contributed by atoms with E-state index in [1.54, 1.807) is 30.9 Å². The molecule has 0 unspecified atom stereocenters. The van der Waals surface area contributed by atoms with Gasteiger partial charge in [-0.3, -0.25) is 14.0 Å². The Hall–Kier alpha value is -3.30. The predicted octanol–water partition coefficient (Wildman–Crippen LogP) is 5.60. The maximum Gasteiger partial charge on any atom is 0.351 e. The summed E-state index contributed by atoms with van der Waals surface area (Å²) in [4.78, 5) is 25.6. The molecular weight excluding hydrogens is 447 g/mol. The summed E-state index contributed by atoms with van der Waals surface area (Å²) >= 11 is 0. The van der Waals surface area contributed by atoms with Gasteiger partial charge in [-0.25, -0.2) is 14.8 Å². The van der Waals surface area contributed by atoms with Gasteiger partial charge in [0.2, 0.25) is 0 Å². The Balaban J connectivity index is 0.000000797. The van der Waals surface area contributed by atoms with E-state index in [0.717, 1.165) is 31.0 Å². The summed E-state index contributed by atoms with van der Waals surface area (Å²) in [6, 6.07) is 5.44. The molecule has 1 amide bonds. The number of nitrogens with zero attached hydrogens (tertiary/aromatic N) is 8. The number of aromatic nitrogens is 6. The minimum atomic E-state index is -0.306. The summed E-state index contributed by atoms with van der Waals surface area (Å²) in [6.45, 7) is 15.8. The largest absolute Gasteiger partial charge is 0.357 e. The van der Waals surface area contributed by atoms with Crippen LogP contribution in [0.1, 0.15) is 60.2 Å². The maximum absolute atomic E-state index is 12.9. The van der Waals surface area contributed by atoms with Gasteiger partial charge in [-0.2, -0.15) is 9.78 Å². The van der Waals surface area contributed by atoms with Crippen LogP contribution in [0.3, 0.4) is 0 Å². The molecule has 0 saturated carbocycles. The molecule has 1 aliphatic heterocycles. The molecule has 4 heterocycles. The molecule has 3 aromatic heterocycles. The molecule has 0 atom stereocenters. The van der Waals surface area contributed by atoms with Crippen molar-refractivity contribution in [3.05, 3.63) is 36.4 Å². The number of anilines is 2. The van der Waals surface area contributed by atoms with Crippen molar-refractivity contribution in [3.63, 3.8) is 0 Å². The van der Waals surface area contributed by atoms with Crippen LogP contribution in [-0.2, 0) is 6.54 Å². The van der Waals surface area contributed by atoms with Crippen LogP contribution in [0.5, 0.6) is 0 Å². The number of hydrogen-bond acceptors (Lipinski definition) is 6. The van der Waals surface area contributed by atoms with Crippen molar-refractivity contribution in [2.45, 2.75) is 67.9 Å². The van der Waals surface area contributed by atoms with Crippen molar-refractivity contribution in [2.24, 2.45) is 0 Å². The van der Waals surface area contributed by atoms with Gasteiger partial charge >= 0.3 is 6.03 Å². The number of hydrogen-bond donors (Lipinski definition) is 0. The van der Waals surface area contributed by atoms with Gasteiger partial charge in [0.15, 0.2) is 11.6 Å². The normalized spacial score (nSPS) is 12.0. The summed E-state index contributed by atoms with van der Waals surface area (Å²) in [6.07, 6.45) is 6.03. The highest BCUT2D eigenvalue weighted by molar-refractivity contribution is 5.92. The lowest BCUT2D eigenvalue weighted by Crippen LogP contribution is -2.32. The summed E-state index contributed by atoms with van der Waals surface area (Å²) in [5, 5.41) is 8.77. The van der Waals surface area contributed by atoms with Crippen LogP contribution >= 0.6 is 0 Å². The van der Waals surface area contributed by atoms with Crippen molar-refractivity contribution in [2.75, 3.05) is 36.6 Å². The highest BCUT2D eigenvalue weighted by Crippen LogP contribution is 2.21. The molecule has 1 saturated heterocycles. The predicted molar refractivity (Wildman–Crippen MR) is 141 cm³/mol. The van der Waals surface area contributed by atoms with Gasteiger partial charge in [0.1, 0.15) is 11.6 Å². The molecule has 194 valence electrons. The molecule has 10 heteroatoms. The van der Waals surface area contributed by atoms with E-state index < -0.39 is 0 Å². The van der Waals surface area contributed by atoms with Gasteiger partial charge in [-0.05, 0) is 45.7 Å². The van der Waals surface area contributed by atoms with Gasteiger partial charge in [-0.15, -0.1) is 5.10 Å². The Morgan fingerprint density at radius 1 is 1.06 bits per heavy atom. The molecule has 3 aromatic rings. The van der Waals surface area contributed by atoms with Gasteiger partial charge in [-0.1, -0.05) is 27.7 Å². The van der Waals surface area contributed by atoms with Gasteiger partial charge in [0, 0.05) is 50.7 Å². The average molecular weight is 489 g/mol. The van der Waals surface area contributed by atoms with Crippen molar-refractivity contribution in [1.29, 1.82) is 0 Å². The Labute approximate surface area is 209 Å². The third-order valence-electron chi connectivity index (χ3n) is 4.97. The maximum atomic E-state index is 12.9. The second-order valence-electron chi connectivity index (χ2n) is 7.13. The first-order chi connectivity index (χ1) is 17.0. The van der Waals surface area contributed by atoms with E-state index in [4.69, 9.17) is 0 Å². The summed E-state index contributed by atoms with van der Waals surface area (Å²) < 4.78 is 13.4. The fraction of sp³-hybridized carbons (Fsp3) is 0.560. The zero-order valence-corrected chi connectivity index (χ0v) is 22.5. The zero-order chi connectivity index (χ0) is 26.4. The second kappa shape index (κ2) is 15.6. The molecule has 0 N–H and O–H groups in total. The molecule has 1 fully saturated rings. The topological polar surface area (TPSA) is 85.0 Å². The van der Waals surface area contributed by atoms with E-state index in [9.17, 15) is 9.18 Å². The van der Waals surface area contributed by atoms with Crippen LogP contribution in [0.2, 0.25) is 0 Å². The smallest absolute Gasteiger partial charge is 0.351 e. The van der Waals surface area contributed by atoms with E-state index in [2.05, 4.69) is 25.1 Å². The summed E-state index contributed by atoms with van der Waals surface area (Å²) in [5.41, 5.74) is 0.788. The van der Waals surface area contributed by atoms with Gasteiger partial charge in [0.25, 0.3) is 0 Å². The fourth-order valence-electron chi connectivity index (χ4n) is 3.29. The van der Waals surface area contributed by atoms with Crippen molar-refractivity contribution in [3.8, 4) is 11.4 Å². The van der Waals surface area contributed by atoms with E-state index in [0.29, 0.717) is 17.5 Å². The second-order valence-corrected chi connectivity index (χ2v) is 7.13. The van der Waals surface area contributed by atoms with Crippen LogP contribution in [0.15, 0.2) is 30.6 Å². The molecule has 0 aliphatic carbocycles. The molecule has 9 nitrogen and oxygen atoms in total. The average Bonchev–Trinajstić information content (AvgIpc) is 3.67. The first-order valence-electron chi connectivity index (χ1n) is 12.5. The number of carbonyl (C=O) groups is 1. The molecule has 4 rings (SSSR count). The summed E-state index contributed by atoms with van der Waals surface area (Å²) in [7, 11) is 1.68. The van der Waals surface area contributed by atoms with Crippen molar-refractivity contribution in [1.82, 2.24) is 29.5 Å². The highest BCUT2D eigenvalue weighted by Gasteiger charge is 2.21. The Kier molecular flexibility index (Phi) is 13.2. The van der Waals surface area contributed by atoms with Gasteiger partial charge < -0.3 is 4.90 Å². The molecular formula is C25H41FN8O. The van der Waals surface area contributed by atoms with Crippen molar-refractivity contribution < 1.29 is 9.18 Å². The number of aryl methyl sites for hydroxylation is 2. The van der Waals surface area contributed by atoms with Crippen molar-refractivity contribution >= 4 is 17.7 Å². The first kappa shape index (κ1) is 29.7. The molecule has 35 heavy (non-hydrogen) atoms. The molecule has 1 aliphatic rings. The number of alkyl halides is 1. The molecule has 0 spiro atoms. The standard InChI is InChI=1S/C19H24N8O.C2H5F.2C2H6/c1-4-26-12-9-17(22-26)24(3)19(28)27-14(2)21-18(23-27)15-7-8-16(20-13-15)25-10-5-6-11-25;1-2-3;2*1-2/h7-9,12-13H,4-6,10-11H2,1-3H3;2H2,1H3;2*1-2H3. The zero-order valence-electron chi connectivity index (χ0n) is 22.5. The fourth-order valence-corrected chi connectivity index (χ4v) is 3.29. The Bertz CT molecular complexity index is 993. The third-order valence-corrected chi connectivity index (χ3v) is 4.97. The van der Waals surface area contributed by atoms with Gasteiger partial charge in [0.05, 0.1) is 6.67 Å². The Morgan fingerprint density at radius 3 is 2.20 bits per heavy atom. The molecule has 0 bridgehead atoms. The minimum absolute atomic E-state index is 0.250. The van der Waals surface area contributed by atoms with Crippen LogP contribution in [0, 0.1) is 6.92 Å². The van der Waals surface area contributed by atoms with E-state index >= 15 is 0 Å². The lowest BCUT2D eigenvalue weighted by Gasteiger charge is -2.15. The lowest BCUT2D eigenvalue weighted by atomic mass is 10.2. The van der Waals surface area contributed by atoms with Crippen LogP contribution in [0.4, 0.5) is 20.8 Å². The summed E-state index contributed by atoms with van der Waals surface area (Å²) in [5.74, 6) is 2.55. The van der Waals surface area contributed by atoms with E-state index in [-0.39, 0.29) is 12.7 Å². The third kappa shape index (κ3) is 7.87. The Morgan fingerprint density at radius 2 is 1.69 bits per heavy atom. The van der Waals surface area contributed by atoms with Crippen LogP contribution in [0.25, 0.3) is 11.4 Å². The first-order valence-corrected chi connectivity index (χ1v) is 12.5. The minimum Gasteiger partial charge on any atom is -0.357 e. The number of carbonyl (C=O) groups excluding carboxylic acids is 1. The van der Waals surface area contributed by atoms with Crippen LogP contribution in [-0.4, -0.2) is 62.4 Å². The van der Waals surface area contributed by atoms with E-state index in [1.165, 1.54) is 29.3 Å². The highest BCUT2D eigenvalue weighted by atomic mass is 19.1. The quantitative estimate of drug-likeness (QED) is 0.475. The number of amides is 1. The SMILES string of the molecule is CC.CC.CCF.CCn1ccc(N(C)C(=O)n2nc(-c3ccc(N4CCCC4)nc3)nc2C)n1. The number of halogens is 1. The van der Waals surface area contributed by atoms with Crippen LogP contribution < -0.4 is 9.80 Å². The molecule has 0 aromatic carbocycles. The van der Waals surface area contributed by atoms with E-state index in [1.807, 2.05) is 52.9 Å². The molecule has 0 radical (unpaired) electrons. The monoisotopic (exact) mass is 488 g/mol.